The summed E-state index contributed by atoms with van der Waals surface area (Å²) in [6, 6.07) is 8.01. The van der Waals surface area contributed by atoms with Gasteiger partial charge in [-0.15, -0.1) is 0 Å². The second-order valence-electron chi connectivity index (χ2n) is 7.21. The van der Waals surface area contributed by atoms with Gasteiger partial charge in [-0.1, -0.05) is 18.2 Å². The second kappa shape index (κ2) is 7.56. The highest BCUT2D eigenvalue weighted by atomic mass is 16.1. The van der Waals surface area contributed by atoms with Gasteiger partial charge in [0.05, 0.1) is 0 Å². The van der Waals surface area contributed by atoms with Crippen molar-refractivity contribution in [3.8, 4) is 0 Å². The first kappa shape index (κ1) is 17.2. The Morgan fingerprint density at radius 3 is 3.00 bits per heavy atom. The third-order valence-electron chi connectivity index (χ3n) is 5.60. The van der Waals surface area contributed by atoms with Gasteiger partial charge in [0.25, 0.3) is 5.91 Å². The number of benzene rings is 1. The van der Waals surface area contributed by atoms with Crippen LogP contribution in [0.5, 0.6) is 0 Å². The molecule has 0 saturated carbocycles. The number of amides is 1. The number of hydrogen-bond donors (Lipinski definition) is 3. The van der Waals surface area contributed by atoms with Crippen molar-refractivity contribution in [1.29, 1.82) is 0 Å². The van der Waals surface area contributed by atoms with E-state index in [-0.39, 0.29) is 5.91 Å². The van der Waals surface area contributed by atoms with Gasteiger partial charge in [-0.25, -0.2) is 0 Å². The average molecular weight is 350 g/mol. The number of nitrogens with zero attached hydrogens (tertiary/aromatic N) is 1. The SMILES string of the molecule is Cc1ncc2c(c1CNC(=O)c1ccccc1C1CCNC1)CCNC2. The fourth-order valence-corrected chi connectivity index (χ4v) is 4.12. The summed E-state index contributed by atoms with van der Waals surface area (Å²) in [6.07, 6.45) is 4.05. The molecule has 1 saturated heterocycles. The number of pyridine rings is 1. The van der Waals surface area contributed by atoms with E-state index in [9.17, 15) is 4.79 Å². The van der Waals surface area contributed by atoms with Crippen molar-refractivity contribution >= 4 is 5.91 Å². The lowest BCUT2D eigenvalue weighted by Crippen LogP contribution is -2.29. The topological polar surface area (TPSA) is 66.0 Å². The van der Waals surface area contributed by atoms with Crippen LogP contribution in [0.15, 0.2) is 30.5 Å². The predicted octanol–water partition coefficient (Wildman–Crippen LogP) is 2.04. The number of carbonyl (C=O) groups is 1. The molecule has 3 heterocycles. The molecule has 4 rings (SSSR count). The quantitative estimate of drug-likeness (QED) is 0.790. The van der Waals surface area contributed by atoms with Crippen LogP contribution in [0.1, 0.15) is 50.6 Å². The number of aryl methyl sites for hydroxylation is 1. The molecule has 136 valence electrons. The molecule has 1 aromatic carbocycles. The minimum atomic E-state index is 0.0124. The summed E-state index contributed by atoms with van der Waals surface area (Å²) in [4.78, 5) is 17.4. The van der Waals surface area contributed by atoms with E-state index >= 15 is 0 Å². The Kier molecular flexibility index (Phi) is 5.00. The van der Waals surface area contributed by atoms with Gasteiger partial charge in [-0.2, -0.15) is 0 Å². The first-order chi connectivity index (χ1) is 12.7. The zero-order valence-electron chi connectivity index (χ0n) is 15.3. The molecule has 1 unspecified atom stereocenters. The molecular formula is C21H26N4O. The van der Waals surface area contributed by atoms with Crippen molar-refractivity contribution in [2.24, 2.45) is 0 Å². The summed E-state index contributed by atoms with van der Waals surface area (Å²) in [7, 11) is 0. The molecule has 5 nitrogen and oxygen atoms in total. The largest absolute Gasteiger partial charge is 0.348 e. The molecular weight excluding hydrogens is 324 g/mol. The molecule has 3 N–H and O–H groups in total. The number of aromatic nitrogens is 1. The zero-order valence-corrected chi connectivity index (χ0v) is 15.3. The van der Waals surface area contributed by atoms with Crippen LogP contribution in [-0.4, -0.2) is 30.5 Å². The summed E-state index contributed by atoms with van der Waals surface area (Å²) in [5.41, 5.74) is 6.76. The number of nitrogens with one attached hydrogen (secondary N) is 3. The lowest BCUT2D eigenvalue weighted by Gasteiger charge is -2.22. The van der Waals surface area contributed by atoms with Gasteiger partial charge >= 0.3 is 0 Å². The molecule has 2 aromatic rings. The normalized spacial score (nSPS) is 19.2. The van der Waals surface area contributed by atoms with Crippen LogP contribution in [0, 0.1) is 6.92 Å². The van der Waals surface area contributed by atoms with Gasteiger partial charge in [0.2, 0.25) is 0 Å². The Labute approximate surface area is 154 Å². The van der Waals surface area contributed by atoms with E-state index < -0.39 is 0 Å². The van der Waals surface area contributed by atoms with Crippen molar-refractivity contribution in [1.82, 2.24) is 20.9 Å². The summed E-state index contributed by atoms with van der Waals surface area (Å²) < 4.78 is 0. The zero-order chi connectivity index (χ0) is 17.9. The summed E-state index contributed by atoms with van der Waals surface area (Å²) in [6.45, 7) is 6.39. The maximum absolute atomic E-state index is 12.9. The fraction of sp³-hybridized carbons (Fsp3) is 0.429. The van der Waals surface area contributed by atoms with E-state index in [1.54, 1.807) is 0 Å². The first-order valence-corrected chi connectivity index (χ1v) is 9.49. The van der Waals surface area contributed by atoms with Gasteiger partial charge in [-0.05, 0) is 67.1 Å². The first-order valence-electron chi connectivity index (χ1n) is 9.49. The van der Waals surface area contributed by atoms with Crippen molar-refractivity contribution < 1.29 is 4.79 Å². The molecule has 0 spiro atoms. The van der Waals surface area contributed by atoms with Crippen LogP contribution < -0.4 is 16.0 Å². The molecule has 26 heavy (non-hydrogen) atoms. The Balaban J connectivity index is 1.54. The van der Waals surface area contributed by atoms with Crippen LogP contribution >= 0.6 is 0 Å². The van der Waals surface area contributed by atoms with Gasteiger partial charge in [0.1, 0.15) is 0 Å². The fourth-order valence-electron chi connectivity index (χ4n) is 4.12. The van der Waals surface area contributed by atoms with E-state index in [0.29, 0.717) is 12.5 Å². The monoisotopic (exact) mass is 350 g/mol. The maximum Gasteiger partial charge on any atom is 0.251 e. The Hall–Kier alpha value is -2.24. The molecule has 1 fully saturated rings. The van der Waals surface area contributed by atoms with Crippen molar-refractivity contribution in [2.75, 3.05) is 19.6 Å². The Morgan fingerprint density at radius 1 is 1.27 bits per heavy atom. The molecule has 1 amide bonds. The molecule has 0 bridgehead atoms. The molecule has 2 aliphatic rings. The van der Waals surface area contributed by atoms with Crippen molar-refractivity contribution in [3.63, 3.8) is 0 Å². The number of hydrogen-bond acceptors (Lipinski definition) is 4. The summed E-state index contributed by atoms with van der Waals surface area (Å²) in [5.74, 6) is 0.439. The second-order valence-corrected chi connectivity index (χ2v) is 7.21. The molecule has 5 heteroatoms. The molecule has 0 radical (unpaired) electrons. The van der Waals surface area contributed by atoms with Crippen LogP contribution in [-0.2, 0) is 19.5 Å². The van der Waals surface area contributed by atoms with Crippen LogP contribution in [0.25, 0.3) is 0 Å². The van der Waals surface area contributed by atoms with E-state index in [1.165, 1.54) is 16.7 Å². The van der Waals surface area contributed by atoms with Gasteiger partial charge in [0.15, 0.2) is 0 Å². The molecule has 1 aromatic heterocycles. The van der Waals surface area contributed by atoms with Gasteiger partial charge < -0.3 is 16.0 Å². The predicted molar refractivity (Wildman–Crippen MR) is 102 cm³/mol. The molecule has 0 aliphatic carbocycles. The van der Waals surface area contributed by atoms with Gasteiger partial charge in [-0.3, -0.25) is 9.78 Å². The lowest BCUT2D eigenvalue weighted by molar-refractivity contribution is 0.0949. The van der Waals surface area contributed by atoms with Gasteiger partial charge in [0, 0.05) is 37.1 Å². The van der Waals surface area contributed by atoms with Crippen molar-refractivity contribution in [2.45, 2.75) is 38.8 Å². The highest BCUT2D eigenvalue weighted by Gasteiger charge is 2.22. The maximum atomic E-state index is 12.9. The minimum Gasteiger partial charge on any atom is -0.348 e. The smallest absolute Gasteiger partial charge is 0.251 e. The van der Waals surface area contributed by atoms with Crippen LogP contribution in [0.2, 0.25) is 0 Å². The summed E-state index contributed by atoms with van der Waals surface area (Å²) in [5, 5.41) is 9.92. The third kappa shape index (κ3) is 3.37. The standard InChI is InChI=1S/C21H26N4O/c1-14-20(18-7-9-23-11-16(18)12-24-14)13-25-21(26)19-5-3-2-4-17(19)15-6-8-22-10-15/h2-5,12,15,22-23H,6-11,13H2,1H3,(H,25,26). The van der Waals surface area contributed by atoms with Crippen LogP contribution in [0.3, 0.4) is 0 Å². The average Bonchev–Trinajstić information content (AvgIpc) is 3.21. The highest BCUT2D eigenvalue weighted by molar-refractivity contribution is 5.95. The summed E-state index contributed by atoms with van der Waals surface area (Å²) >= 11 is 0. The number of fused-ring (bicyclic) bond motifs is 1. The van der Waals surface area contributed by atoms with Crippen molar-refractivity contribution in [3.05, 3.63) is 64.0 Å². The van der Waals surface area contributed by atoms with E-state index in [1.807, 2.05) is 31.3 Å². The van der Waals surface area contributed by atoms with E-state index in [4.69, 9.17) is 0 Å². The van der Waals surface area contributed by atoms with E-state index in [2.05, 4.69) is 27.0 Å². The van der Waals surface area contributed by atoms with Crippen LogP contribution in [0.4, 0.5) is 0 Å². The number of rotatable bonds is 4. The lowest BCUT2D eigenvalue weighted by atomic mass is 9.93. The number of carbonyl (C=O) groups excluding carboxylic acids is 1. The Morgan fingerprint density at radius 2 is 2.15 bits per heavy atom. The minimum absolute atomic E-state index is 0.0124. The molecule has 2 aliphatic heterocycles. The Bertz CT molecular complexity index is 812. The third-order valence-corrected chi connectivity index (χ3v) is 5.60. The highest BCUT2D eigenvalue weighted by Crippen LogP contribution is 2.26. The van der Waals surface area contributed by atoms with E-state index in [0.717, 1.165) is 55.8 Å². The molecule has 1 atom stereocenters.